The van der Waals surface area contributed by atoms with Crippen molar-refractivity contribution in [1.82, 2.24) is 9.88 Å². The van der Waals surface area contributed by atoms with E-state index in [0.29, 0.717) is 0 Å². The van der Waals surface area contributed by atoms with Gasteiger partial charge in [0.05, 0.1) is 7.11 Å². The van der Waals surface area contributed by atoms with Crippen molar-refractivity contribution in [3.05, 3.63) is 60.8 Å². The summed E-state index contributed by atoms with van der Waals surface area (Å²) in [5.41, 5.74) is 2.41. The lowest BCUT2D eigenvalue weighted by Gasteiger charge is -2.19. The highest BCUT2D eigenvalue weighted by molar-refractivity contribution is 5.82. The number of hydrogen-bond donors (Lipinski definition) is 1. The number of carbonyl (C=O) groups excluding carboxylic acids is 1. The van der Waals surface area contributed by atoms with Crippen molar-refractivity contribution < 1.29 is 14.3 Å². The second-order valence-electron chi connectivity index (χ2n) is 5.08. The van der Waals surface area contributed by atoms with E-state index in [1.807, 2.05) is 24.4 Å². The van der Waals surface area contributed by atoms with Crippen LogP contribution in [-0.2, 0) is 16.0 Å². The van der Waals surface area contributed by atoms with Crippen LogP contribution in [-0.4, -0.2) is 42.8 Å². The Balaban J connectivity index is 1.93. The van der Waals surface area contributed by atoms with E-state index in [1.54, 1.807) is 0 Å². The van der Waals surface area contributed by atoms with Crippen molar-refractivity contribution in [2.24, 2.45) is 0 Å². The van der Waals surface area contributed by atoms with Crippen LogP contribution in [0.1, 0.15) is 5.56 Å². The molecule has 122 valence electrons. The Labute approximate surface area is 136 Å². The summed E-state index contributed by atoms with van der Waals surface area (Å²) in [7, 11) is 1.29. The first-order valence-electron chi connectivity index (χ1n) is 7.48. The number of benzene rings is 1. The van der Waals surface area contributed by atoms with Crippen LogP contribution in [0.15, 0.2) is 55.3 Å². The van der Waals surface area contributed by atoms with Gasteiger partial charge >= 0.3 is 6.16 Å². The summed E-state index contributed by atoms with van der Waals surface area (Å²) < 4.78 is 9.21. The van der Waals surface area contributed by atoms with E-state index in [0.717, 1.165) is 25.2 Å². The molecule has 1 aromatic heterocycles. The maximum atomic E-state index is 10.8. The molecule has 0 bridgehead atoms. The van der Waals surface area contributed by atoms with Gasteiger partial charge in [-0.3, -0.25) is 4.90 Å². The van der Waals surface area contributed by atoms with Gasteiger partial charge in [-0.1, -0.05) is 24.3 Å². The zero-order chi connectivity index (χ0) is 16.5. The fraction of sp³-hybridized carbons (Fsp3) is 0.278. The van der Waals surface area contributed by atoms with Gasteiger partial charge in [0.15, 0.2) is 0 Å². The van der Waals surface area contributed by atoms with Gasteiger partial charge in [-0.2, -0.15) is 0 Å². The quantitative estimate of drug-likeness (QED) is 0.598. The molecule has 0 radical (unpaired) electrons. The molecule has 5 heteroatoms. The molecule has 0 saturated heterocycles. The van der Waals surface area contributed by atoms with Gasteiger partial charge in [0.2, 0.25) is 0 Å². The highest BCUT2D eigenvalue weighted by atomic mass is 16.7. The lowest BCUT2D eigenvalue weighted by molar-refractivity contribution is 0.0817. The number of H-pyrrole nitrogens is 1. The van der Waals surface area contributed by atoms with Gasteiger partial charge in [-0.15, -0.1) is 6.58 Å². The molecule has 5 nitrogen and oxygen atoms in total. The number of rotatable bonds is 8. The SMILES string of the molecule is C=CCN(C/C=C/COC(=O)OC)Cc1cccc2[nH]ccc12. The summed E-state index contributed by atoms with van der Waals surface area (Å²) in [6.07, 6.45) is 6.95. The summed E-state index contributed by atoms with van der Waals surface area (Å²) >= 11 is 0. The molecule has 1 heterocycles. The summed E-state index contributed by atoms with van der Waals surface area (Å²) in [4.78, 5) is 16.3. The molecule has 2 rings (SSSR count). The third-order valence-electron chi connectivity index (χ3n) is 3.46. The summed E-state index contributed by atoms with van der Waals surface area (Å²) in [6, 6.07) is 8.36. The fourth-order valence-electron chi connectivity index (χ4n) is 2.38. The number of ether oxygens (including phenoxy) is 2. The van der Waals surface area contributed by atoms with E-state index in [4.69, 9.17) is 4.74 Å². The molecule has 23 heavy (non-hydrogen) atoms. The molecule has 0 atom stereocenters. The normalized spacial score (nSPS) is 11.2. The first-order chi connectivity index (χ1) is 11.2. The fourth-order valence-corrected chi connectivity index (χ4v) is 2.38. The third kappa shape index (κ3) is 5.00. The Morgan fingerprint density at radius 3 is 2.96 bits per heavy atom. The van der Waals surface area contributed by atoms with Crippen LogP contribution in [0, 0.1) is 0 Å². The van der Waals surface area contributed by atoms with Crippen molar-refractivity contribution in [3.63, 3.8) is 0 Å². The van der Waals surface area contributed by atoms with Crippen molar-refractivity contribution in [3.8, 4) is 0 Å². The second-order valence-corrected chi connectivity index (χ2v) is 5.08. The topological polar surface area (TPSA) is 54.6 Å². The predicted molar refractivity (Wildman–Crippen MR) is 91.3 cm³/mol. The maximum Gasteiger partial charge on any atom is 0.508 e. The zero-order valence-electron chi connectivity index (χ0n) is 13.3. The number of fused-ring (bicyclic) bond motifs is 1. The molecule has 2 aromatic rings. The van der Waals surface area contributed by atoms with Gasteiger partial charge in [0, 0.05) is 36.7 Å². The molecule has 0 spiro atoms. The molecule has 0 amide bonds. The Bertz CT molecular complexity index is 676. The molecule has 0 unspecified atom stereocenters. The lowest BCUT2D eigenvalue weighted by Crippen LogP contribution is -2.23. The smallest absolute Gasteiger partial charge is 0.438 e. The summed E-state index contributed by atoms with van der Waals surface area (Å²) in [5.74, 6) is 0. The third-order valence-corrected chi connectivity index (χ3v) is 3.46. The van der Waals surface area contributed by atoms with Gasteiger partial charge < -0.3 is 14.5 Å². The number of nitrogens with zero attached hydrogens (tertiary/aromatic N) is 1. The van der Waals surface area contributed by atoms with Crippen LogP contribution in [0.5, 0.6) is 0 Å². The minimum atomic E-state index is -0.670. The van der Waals surface area contributed by atoms with Crippen molar-refractivity contribution >= 4 is 17.1 Å². The van der Waals surface area contributed by atoms with Gasteiger partial charge in [-0.25, -0.2) is 4.79 Å². The molecule has 1 N–H and O–H groups in total. The van der Waals surface area contributed by atoms with Crippen LogP contribution in [0.4, 0.5) is 4.79 Å². The van der Waals surface area contributed by atoms with E-state index in [9.17, 15) is 4.79 Å². The zero-order valence-corrected chi connectivity index (χ0v) is 13.3. The number of aromatic amines is 1. The van der Waals surface area contributed by atoms with Gasteiger partial charge in [0.25, 0.3) is 0 Å². The van der Waals surface area contributed by atoms with Crippen molar-refractivity contribution in [2.75, 3.05) is 26.8 Å². The van der Waals surface area contributed by atoms with E-state index in [1.165, 1.54) is 18.1 Å². The lowest BCUT2D eigenvalue weighted by atomic mass is 10.1. The van der Waals surface area contributed by atoms with E-state index in [-0.39, 0.29) is 6.61 Å². The Morgan fingerprint density at radius 1 is 1.30 bits per heavy atom. The summed E-state index contributed by atoms with van der Waals surface area (Å²) in [6.45, 7) is 6.38. The molecule has 0 aliphatic heterocycles. The van der Waals surface area contributed by atoms with Crippen LogP contribution < -0.4 is 0 Å². The standard InChI is InChI=1S/C18H22N2O3/c1-3-11-20(12-4-5-13-23-18(21)22-2)14-15-7-6-8-17-16(15)9-10-19-17/h3-10,19H,1,11-14H2,2H3/b5-4+. The monoisotopic (exact) mass is 314 g/mol. The molecular weight excluding hydrogens is 292 g/mol. The van der Waals surface area contributed by atoms with E-state index in [2.05, 4.69) is 45.5 Å². The Kier molecular flexibility index (Phi) is 6.44. The largest absolute Gasteiger partial charge is 0.508 e. The average molecular weight is 314 g/mol. The van der Waals surface area contributed by atoms with Crippen LogP contribution >= 0.6 is 0 Å². The molecule has 0 fully saturated rings. The van der Waals surface area contributed by atoms with Gasteiger partial charge in [0.1, 0.15) is 6.61 Å². The molecule has 0 aliphatic carbocycles. The molecule has 0 saturated carbocycles. The number of carbonyl (C=O) groups is 1. The van der Waals surface area contributed by atoms with Crippen LogP contribution in [0.3, 0.4) is 0 Å². The molecule has 1 aromatic carbocycles. The maximum absolute atomic E-state index is 10.8. The molecule has 0 aliphatic rings. The Morgan fingerprint density at radius 2 is 2.17 bits per heavy atom. The number of aromatic nitrogens is 1. The average Bonchev–Trinajstić information content (AvgIpc) is 3.04. The predicted octanol–water partition coefficient (Wildman–Crippen LogP) is 3.50. The minimum absolute atomic E-state index is 0.210. The second kappa shape index (κ2) is 8.80. The van der Waals surface area contributed by atoms with Crippen molar-refractivity contribution in [1.29, 1.82) is 0 Å². The van der Waals surface area contributed by atoms with E-state index >= 15 is 0 Å². The van der Waals surface area contributed by atoms with Gasteiger partial charge in [-0.05, 0) is 23.8 Å². The van der Waals surface area contributed by atoms with Crippen LogP contribution in [0.2, 0.25) is 0 Å². The first kappa shape index (κ1) is 16.8. The van der Waals surface area contributed by atoms with Crippen molar-refractivity contribution in [2.45, 2.75) is 6.54 Å². The highest BCUT2D eigenvalue weighted by Gasteiger charge is 2.06. The number of methoxy groups -OCH3 is 1. The highest BCUT2D eigenvalue weighted by Crippen LogP contribution is 2.19. The number of hydrogen-bond acceptors (Lipinski definition) is 4. The minimum Gasteiger partial charge on any atom is -0.438 e. The number of nitrogens with one attached hydrogen (secondary N) is 1. The Hall–Kier alpha value is -2.53. The van der Waals surface area contributed by atoms with Crippen LogP contribution in [0.25, 0.3) is 10.9 Å². The first-order valence-corrected chi connectivity index (χ1v) is 7.48. The van der Waals surface area contributed by atoms with E-state index < -0.39 is 6.16 Å². The molecular formula is C18H22N2O3. The summed E-state index contributed by atoms with van der Waals surface area (Å²) in [5, 5.41) is 1.24.